The van der Waals surface area contributed by atoms with Gasteiger partial charge in [0.15, 0.2) is 5.82 Å². The number of nitrogens with zero attached hydrogens (tertiary/aromatic N) is 3. The maximum atomic E-state index is 15.5. The number of benzene rings is 1. The van der Waals surface area contributed by atoms with Crippen LogP contribution >= 0.6 is 22.9 Å². The molecule has 0 bridgehead atoms. The maximum Gasteiger partial charge on any atom is 0.412 e. The Labute approximate surface area is 197 Å². The molecular formula is C23H28ClFN4O2S. The minimum Gasteiger partial charge on any atom is -0.444 e. The van der Waals surface area contributed by atoms with Gasteiger partial charge in [0.2, 0.25) is 5.29 Å². The number of amides is 1. The van der Waals surface area contributed by atoms with E-state index in [0.29, 0.717) is 16.3 Å². The van der Waals surface area contributed by atoms with Crippen LogP contribution in [0.4, 0.5) is 14.9 Å². The zero-order valence-corrected chi connectivity index (χ0v) is 20.9. The van der Waals surface area contributed by atoms with Crippen LogP contribution < -0.4 is 5.32 Å². The molecule has 9 heteroatoms. The number of ether oxygens (including phenoxy) is 1. The summed E-state index contributed by atoms with van der Waals surface area (Å²) < 4.78 is 20.8. The van der Waals surface area contributed by atoms with E-state index < -0.39 is 17.5 Å². The molecule has 0 atom stereocenters. The molecule has 0 saturated heterocycles. The number of nitrogens with one attached hydrogen (secondary N) is 1. The van der Waals surface area contributed by atoms with Gasteiger partial charge >= 0.3 is 6.09 Å². The van der Waals surface area contributed by atoms with E-state index in [1.165, 1.54) is 17.4 Å². The van der Waals surface area contributed by atoms with Crippen LogP contribution in [0, 0.1) is 5.82 Å². The predicted molar refractivity (Wildman–Crippen MR) is 133 cm³/mol. The number of carbonyl (C=O) groups is 1. The summed E-state index contributed by atoms with van der Waals surface area (Å²) in [6.45, 7) is 16.4. The molecule has 0 radical (unpaired) electrons. The highest BCUT2D eigenvalue weighted by Gasteiger charge is 2.26. The Kier molecular flexibility index (Phi) is 7.96. The molecule has 32 heavy (non-hydrogen) atoms. The third kappa shape index (κ3) is 6.46. The van der Waals surface area contributed by atoms with E-state index in [-0.39, 0.29) is 22.0 Å². The number of amidine groups is 1. The molecule has 6 nitrogen and oxygen atoms in total. The zero-order chi connectivity index (χ0) is 24.3. The summed E-state index contributed by atoms with van der Waals surface area (Å²) in [4.78, 5) is 25.4. The summed E-state index contributed by atoms with van der Waals surface area (Å²) in [6.07, 6.45) is 1.00. The summed E-state index contributed by atoms with van der Waals surface area (Å²) in [5, 5.41) is 3.23. The molecule has 2 rings (SSSR count). The van der Waals surface area contributed by atoms with Gasteiger partial charge < -0.3 is 4.74 Å². The Balaban J connectivity index is 2.63. The lowest BCUT2D eigenvalue weighted by Crippen LogP contribution is -2.27. The SMILES string of the molecule is C=NC(Cl)=N/C(=C\C)c1sc(C(C)(C)C)nc1-c1cccc(NC(=O)OC(C)(C)C)c1F. The van der Waals surface area contributed by atoms with Gasteiger partial charge in [0.1, 0.15) is 5.60 Å². The van der Waals surface area contributed by atoms with Crippen LogP contribution in [0.5, 0.6) is 0 Å². The molecule has 1 aromatic heterocycles. The molecule has 172 valence electrons. The Bertz CT molecular complexity index is 1080. The summed E-state index contributed by atoms with van der Waals surface area (Å²) in [6, 6.07) is 4.71. The first-order valence-electron chi connectivity index (χ1n) is 9.94. The van der Waals surface area contributed by atoms with Crippen LogP contribution in [-0.2, 0) is 10.2 Å². The van der Waals surface area contributed by atoms with Gasteiger partial charge in [0, 0.05) is 11.0 Å². The minimum atomic E-state index is -0.745. The van der Waals surface area contributed by atoms with E-state index in [0.717, 1.165) is 5.01 Å². The van der Waals surface area contributed by atoms with Crippen molar-refractivity contribution in [3.05, 3.63) is 40.0 Å². The van der Waals surface area contributed by atoms with Crippen LogP contribution in [-0.4, -0.2) is 28.7 Å². The van der Waals surface area contributed by atoms with Gasteiger partial charge in [-0.05, 0) is 58.1 Å². The number of hydrogen-bond donors (Lipinski definition) is 1. The molecule has 0 aliphatic carbocycles. The fraction of sp³-hybridized carbons (Fsp3) is 0.391. The number of aliphatic imine (C=N–C) groups is 2. The van der Waals surface area contributed by atoms with Crippen LogP contribution in [0.1, 0.15) is 58.4 Å². The fourth-order valence-corrected chi connectivity index (χ4v) is 3.85. The molecule has 0 unspecified atom stereocenters. The van der Waals surface area contributed by atoms with E-state index in [1.54, 1.807) is 45.9 Å². The van der Waals surface area contributed by atoms with E-state index in [2.05, 4.69) is 22.0 Å². The number of carbonyl (C=O) groups excluding carboxylic acids is 1. The number of allylic oxidation sites excluding steroid dienone is 1. The van der Waals surface area contributed by atoms with Gasteiger partial charge in [-0.15, -0.1) is 11.3 Å². The largest absolute Gasteiger partial charge is 0.444 e. The third-order valence-corrected chi connectivity index (χ3v) is 5.72. The Morgan fingerprint density at radius 1 is 1.28 bits per heavy atom. The first-order valence-corrected chi connectivity index (χ1v) is 11.1. The first-order chi connectivity index (χ1) is 14.8. The lowest BCUT2D eigenvalue weighted by Gasteiger charge is -2.20. The molecule has 1 amide bonds. The van der Waals surface area contributed by atoms with Gasteiger partial charge in [0.05, 0.1) is 27.0 Å². The summed E-state index contributed by atoms with van der Waals surface area (Å²) in [5.41, 5.74) is 0.121. The summed E-state index contributed by atoms with van der Waals surface area (Å²) in [5.74, 6) is -0.627. The van der Waals surface area contributed by atoms with Crippen molar-refractivity contribution in [2.75, 3.05) is 5.32 Å². The molecule has 2 aromatic rings. The quantitative estimate of drug-likeness (QED) is 0.285. The topological polar surface area (TPSA) is 75.9 Å². The van der Waals surface area contributed by atoms with Crippen molar-refractivity contribution in [1.29, 1.82) is 0 Å². The highest BCUT2D eigenvalue weighted by molar-refractivity contribution is 7.13. The Morgan fingerprint density at radius 3 is 2.47 bits per heavy atom. The normalized spacial score (nSPS) is 13.2. The van der Waals surface area contributed by atoms with Crippen molar-refractivity contribution in [3.8, 4) is 11.3 Å². The second-order valence-electron chi connectivity index (χ2n) is 8.95. The van der Waals surface area contributed by atoms with Crippen LogP contribution in [0.15, 0.2) is 34.3 Å². The second kappa shape index (κ2) is 9.92. The highest BCUT2D eigenvalue weighted by Crippen LogP contribution is 2.40. The van der Waals surface area contributed by atoms with E-state index in [9.17, 15) is 4.79 Å². The number of anilines is 1. The van der Waals surface area contributed by atoms with Crippen molar-refractivity contribution < 1.29 is 13.9 Å². The van der Waals surface area contributed by atoms with Gasteiger partial charge in [-0.2, -0.15) is 0 Å². The third-order valence-electron chi connectivity index (χ3n) is 4.01. The van der Waals surface area contributed by atoms with E-state index >= 15 is 4.39 Å². The number of rotatable bonds is 4. The van der Waals surface area contributed by atoms with Crippen LogP contribution in [0.25, 0.3) is 17.0 Å². The summed E-state index contributed by atoms with van der Waals surface area (Å²) >= 11 is 7.38. The molecule has 1 N–H and O–H groups in total. The Morgan fingerprint density at radius 2 is 1.94 bits per heavy atom. The molecule has 0 saturated carbocycles. The van der Waals surface area contributed by atoms with Gasteiger partial charge in [-0.25, -0.2) is 24.2 Å². The number of hydrogen-bond acceptors (Lipinski definition) is 5. The average molecular weight is 479 g/mol. The second-order valence-corrected chi connectivity index (χ2v) is 10.3. The first kappa shape index (κ1) is 25.7. The van der Waals surface area contributed by atoms with Crippen molar-refractivity contribution in [2.45, 2.75) is 59.5 Å². The maximum absolute atomic E-state index is 15.5. The monoisotopic (exact) mass is 478 g/mol. The molecule has 0 spiro atoms. The molecule has 0 fully saturated rings. The minimum absolute atomic E-state index is 0.00988. The highest BCUT2D eigenvalue weighted by atomic mass is 35.5. The lowest BCUT2D eigenvalue weighted by atomic mass is 9.98. The van der Waals surface area contributed by atoms with Crippen molar-refractivity contribution in [3.63, 3.8) is 0 Å². The average Bonchev–Trinajstić information content (AvgIpc) is 3.11. The predicted octanol–water partition coefficient (Wildman–Crippen LogP) is 7.25. The fourth-order valence-electron chi connectivity index (χ4n) is 2.60. The molecule has 1 heterocycles. The zero-order valence-electron chi connectivity index (χ0n) is 19.3. The lowest BCUT2D eigenvalue weighted by molar-refractivity contribution is 0.0635. The number of halogens is 2. The molecule has 0 aliphatic heterocycles. The number of aromatic nitrogens is 1. The molecule has 0 aliphatic rings. The van der Waals surface area contributed by atoms with Crippen molar-refractivity contribution in [1.82, 2.24) is 4.98 Å². The van der Waals surface area contributed by atoms with Crippen LogP contribution in [0.2, 0.25) is 0 Å². The van der Waals surface area contributed by atoms with Gasteiger partial charge in [-0.3, -0.25) is 5.32 Å². The van der Waals surface area contributed by atoms with Crippen molar-refractivity contribution in [2.24, 2.45) is 9.98 Å². The standard InChI is InChI=1S/C23H28ClFN4O2S/c1-9-14(27-20(24)26-8)18-17(29-19(32-18)22(2,3)4)13-11-10-12-15(16(13)25)28-21(30)31-23(5,6)7/h9-12H,8H2,1-7H3,(H,28,30)/b14-9-,27-20?. The number of thiazole rings is 1. The van der Waals surface area contributed by atoms with Gasteiger partial charge in [0.25, 0.3) is 0 Å². The molecule has 1 aromatic carbocycles. The van der Waals surface area contributed by atoms with Crippen LogP contribution in [0.3, 0.4) is 0 Å². The van der Waals surface area contributed by atoms with E-state index in [1.807, 2.05) is 20.8 Å². The molecular weight excluding hydrogens is 451 g/mol. The van der Waals surface area contributed by atoms with E-state index in [4.69, 9.17) is 21.3 Å². The smallest absolute Gasteiger partial charge is 0.412 e. The summed E-state index contributed by atoms with van der Waals surface area (Å²) in [7, 11) is 0. The Hall–Kier alpha value is -2.58. The van der Waals surface area contributed by atoms with Gasteiger partial charge in [-0.1, -0.05) is 32.9 Å². The van der Waals surface area contributed by atoms with Crippen molar-refractivity contribution >= 4 is 52.4 Å².